The Morgan fingerprint density at radius 3 is 2.80 bits per heavy atom. The largest absolute Gasteiger partial charge is 0.384 e. The van der Waals surface area contributed by atoms with Crippen molar-refractivity contribution in [1.82, 2.24) is 9.78 Å². The molecule has 0 saturated carbocycles. The first-order valence-corrected chi connectivity index (χ1v) is 5.44. The van der Waals surface area contributed by atoms with E-state index >= 15 is 0 Å². The molecular formula is C11H19N3O. The third-order valence-electron chi connectivity index (χ3n) is 2.17. The minimum atomic E-state index is -0.0332. The summed E-state index contributed by atoms with van der Waals surface area (Å²) in [4.78, 5) is 11.6. The molecule has 0 amide bonds. The Hall–Kier alpha value is -1.32. The van der Waals surface area contributed by atoms with Gasteiger partial charge in [-0.2, -0.15) is 5.10 Å². The summed E-state index contributed by atoms with van der Waals surface area (Å²) in [6.45, 7) is 7.76. The molecule has 4 heteroatoms. The van der Waals surface area contributed by atoms with E-state index < -0.39 is 0 Å². The molecule has 0 aromatic carbocycles. The van der Waals surface area contributed by atoms with Crippen molar-refractivity contribution in [2.45, 2.75) is 33.7 Å². The van der Waals surface area contributed by atoms with Gasteiger partial charge in [0, 0.05) is 19.2 Å². The van der Waals surface area contributed by atoms with E-state index in [1.165, 1.54) is 4.68 Å². The predicted molar refractivity (Wildman–Crippen MR) is 62.1 cm³/mol. The minimum Gasteiger partial charge on any atom is -0.384 e. The van der Waals surface area contributed by atoms with Crippen molar-refractivity contribution in [1.29, 1.82) is 0 Å². The van der Waals surface area contributed by atoms with Gasteiger partial charge in [0.25, 0.3) is 5.56 Å². The first-order valence-electron chi connectivity index (χ1n) is 5.44. The number of aryl methyl sites for hydroxylation is 1. The lowest BCUT2D eigenvalue weighted by Crippen LogP contribution is -2.23. The molecule has 0 unspecified atom stereocenters. The van der Waals surface area contributed by atoms with Gasteiger partial charge in [0.05, 0.1) is 11.9 Å². The van der Waals surface area contributed by atoms with Crippen LogP contribution in [0.25, 0.3) is 0 Å². The van der Waals surface area contributed by atoms with Crippen molar-refractivity contribution in [2.24, 2.45) is 5.92 Å². The molecule has 0 bridgehead atoms. The maximum atomic E-state index is 11.6. The van der Waals surface area contributed by atoms with Crippen LogP contribution in [-0.4, -0.2) is 16.3 Å². The van der Waals surface area contributed by atoms with Crippen LogP contribution in [0.4, 0.5) is 5.69 Å². The number of rotatable bonds is 5. The SMILES string of the molecule is CCNc1cnn(CCC(C)C)c(=O)c1. The van der Waals surface area contributed by atoms with E-state index in [4.69, 9.17) is 0 Å². The fourth-order valence-electron chi connectivity index (χ4n) is 1.28. The summed E-state index contributed by atoms with van der Waals surface area (Å²) in [5.41, 5.74) is 0.761. The molecule has 0 saturated heterocycles. The Kier molecular flexibility index (Phi) is 4.34. The fraction of sp³-hybridized carbons (Fsp3) is 0.636. The molecule has 0 aliphatic heterocycles. The highest BCUT2D eigenvalue weighted by atomic mass is 16.1. The van der Waals surface area contributed by atoms with E-state index in [1.807, 2.05) is 6.92 Å². The number of hydrogen-bond donors (Lipinski definition) is 1. The second-order valence-corrected chi connectivity index (χ2v) is 4.02. The molecule has 1 heterocycles. The first kappa shape index (κ1) is 11.8. The number of aromatic nitrogens is 2. The zero-order chi connectivity index (χ0) is 11.3. The van der Waals surface area contributed by atoms with Gasteiger partial charge in [0.15, 0.2) is 0 Å². The number of anilines is 1. The first-order chi connectivity index (χ1) is 7.13. The molecule has 0 fully saturated rings. The van der Waals surface area contributed by atoms with Crippen LogP contribution in [0.1, 0.15) is 27.2 Å². The number of nitrogens with one attached hydrogen (secondary N) is 1. The molecule has 0 aliphatic carbocycles. The van der Waals surface area contributed by atoms with Crippen LogP contribution >= 0.6 is 0 Å². The van der Waals surface area contributed by atoms with Gasteiger partial charge in [-0.1, -0.05) is 13.8 Å². The Bertz CT molecular complexity index is 357. The van der Waals surface area contributed by atoms with Crippen LogP contribution in [-0.2, 0) is 6.54 Å². The highest BCUT2D eigenvalue weighted by Crippen LogP contribution is 2.02. The van der Waals surface area contributed by atoms with E-state index in [0.29, 0.717) is 12.5 Å². The Morgan fingerprint density at radius 2 is 2.27 bits per heavy atom. The zero-order valence-corrected chi connectivity index (χ0v) is 9.66. The van der Waals surface area contributed by atoms with Crippen molar-refractivity contribution in [3.63, 3.8) is 0 Å². The summed E-state index contributed by atoms with van der Waals surface area (Å²) in [7, 11) is 0. The van der Waals surface area contributed by atoms with Gasteiger partial charge >= 0.3 is 0 Å². The minimum absolute atomic E-state index is 0.0332. The fourth-order valence-corrected chi connectivity index (χ4v) is 1.28. The molecule has 0 spiro atoms. The Balaban J connectivity index is 2.70. The second-order valence-electron chi connectivity index (χ2n) is 4.02. The molecule has 1 rings (SSSR count). The second kappa shape index (κ2) is 5.53. The van der Waals surface area contributed by atoms with Crippen LogP contribution in [0.3, 0.4) is 0 Å². The topological polar surface area (TPSA) is 46.9 Å². The monoisotopic (exact) mass is 209 g/mol. The molecular weight excluding hydrogens is 190 g/mol. The smallest absolute Gasteiger partial charge is 0.268 e. The van der Waals surface area contributed by atoms with Gasteiger partial charge in [0.1, 0.15) is 0 Å². The molecule has 0 atom stereocenters. The van der Waals surface area contributed by atoms with E-state index in [0.717, 1.165) is 18.7 Å². The number of nitrogens with zero attached hydrogens (tertiary/aromatic N) is 2. The van der Waals surface area contributed by atoms with Crippen LogP contribution in [0.15, 0.2) is 17.1 Å². The third-order valence-corrected chi connectivity index (χ3v) is 2.17. The maximum absolute atomic E-state index is 11.6. The molecule has 15 heavy (non-hydrogen) atoms. The lowest BCUT2D eigenvalue weighted by atomic mass is 10.1. The molecule has 1 aromatic rings. The van der Waals surface area contributed by atoms with Gasteiger partial charge in [-0.05, 0) is 19.3 Å². The van der Waals surface area contributed by atoms with Gasteiger partial charge in [-0.15, -0.1) is 0 Å². The van der Waals surface area contributed by atoms with Crippen molar-refractivity contribution < 1.29 is 0 Å². The Labute approximate surface area is 90.3 Å². The lowest BCUT2D eigenvalue weighted by Gasteiger charge is -2.07. The Morgan fingerprint density at radius 1 is 1.53 bits per heavy atom. The van der Waals surface area contributed by atoms with Gasteiger partial charge in [0.2, 0.25) is 0 Å². The molecule has 0 radical (unpaired) electrons. The van der Waals surface area contributed by atoms with Crippen LogP contribution in [0.5, 0.6) is 0 Å². The average Bonchev–Trinajstić information content (AvgIpc) is 2.17. The summed E-state index contributed by atoms with van der Waals surface area (Å²) < 4.78 is 1.51. The van der Waals surface area contributed by atoms with E-state index in [2.05, 4.69) is 24.3 Å². The van der Waals surface area contributed by atoms with Gasteiger partial charge < -0.3 is 5.32 Å². The summed E-state index contributed by atoms with van der Waals surface area (Å²) in [6.07, 6.45) is 2.68. The van der Waals surface area contributed by atoms with E-state index in [1.54, 1.807) is 12.3 Å². The zero-order valence-electron chi connectivity index (χ0n) is 9.66. The third kappa shape index (κ3) is 3.73. The lowest BCUT2D eigenvalue weighted by molar-refractivity contribution is 0.472. The average molecular weight is 209 g/mol. The van der Waals surface area contributed by atoms with Crippen LogP contribution in [0, 0.1) is 5.92 Å². The van der Waals surface area contributed by atoms with E-state index in [9.17, 15) is 4.79 Å². The highest BCUT2D eigenvalue weighted by molar-refractivity contribution is 5.38. The van der Waals surface area contributed by atoms with Crippen LogP contribution in [0.2, 0.25) is 0 Å². The summed E-state index contributed by atoms with van der Waals surface area (Å²) >= 11 is 0. The van der Waals surface area contributed by atoms with Crippen molar-refractivity contribution >= 4 is 5.69 Å². The predicted octanol–water partition coefficient (Wildman–Crippen LogP) is 1.72. The summed E-state index contributed by atoms with van der Waals surface area (Å²) in [6, 6.07) is 1.59. The molecule has 1 N–H and O–H groups in total. The number of hydrogen-bond acceptors (Lipinski definition) is 3. The molecule has 1 aromatic heterocycles. The summed E-state index contributed by atoms with van der Waals surface area (Å²) in [5, 5.41) is 7.18. The van der Waals surface area contributed by atoms with Crippen molar-refractivity contribution in [3.8, 4) is 0 Å². The molecule has 0 aliphatic rings. The standard InChI is InChI=1S/C11H19N3O/c1-4-12-10-7-11(15)14(13-8-10)6-5-9(2)3/h7-9,12H,4-6H2,1-3H3. The van der Waals surface area contributed by atoms with Crippen molar-refractivity contribution in [3.05, 3.63) is 22.6 Å². The van der Waals surface area contributed by atoms with Crippen LogP contribution < -0.4 is 10.9 Å². The maximum Gasteiger partial charge on any atom is 0.268 e. The molecule has 84 valence electrons. The normalized spacial score (nSPS) is 10.7. The van der Waals surface area contributed by atoms with Gasteiger partial charge in [-0.25, -0.2) is 4.68 Å². The summed E-state index contributed by atoms with van der Waals surface area (Å²) in [5.74, 6) is 0.590. The van der Waals surface area contributed by atoms with Gasteiger partial charge in [-0.3, -0.25) is 4.79 Å². The quantitative estimate of drug-likeness (QED) is 0.803. The highest BCUT2D eigenvalue weighted by Gasteiger charge is 2.00. The van der Waals surface area contributed by atoms with E-state index in [-0.39, 0.29) is 5.56 Å². The molecule has 4 nitrogen and oxygen atoms in total. The van der Waals surface area contributed by atoms with Crippen molar-refractivity contribution in [2.75, 3.05) is 11.9 Å².